The van der Waals surface area contributed by atoms with Crippen molar-refractivity contribution in [1.29, 1.82) is 0 Å². The van der Waals surface area contributed by atoms with Gasteiger partial charge in [-0.25, -0.2) is 0 Å². The van der Waals surface area contributed by atoms with Crippen molar-refractivity contribution in [1.82, 2.24) is 10.2 Å². The first kappa shape index (κ1) is 16.5. The van der Waals surface area contributed by atoms with Gasteiger partial charge in [0.05, 0.1) is 0 Å². The standard InChI is InChI=1S/C19H32N2/c1-4-16-12-13-18(14-16)20-15-19(21(5-2)6-3)17-10-8-7-9-11-17/h7-11,16,18-20H,4-6,12-15H2,1-3H3. The van der Waals surface area contributed by atoms with E-state index in [1.54, 1.807) is 0 Å². The van der Waals surface area contributed by atoms with E-state index < -0.39 is 0 Å². The van der Waals surface area contributed by atoms with Gasteiger partial charge >= 0.3 is 0 Å². The van der Waals surface area contributed by atoms with Crippen LogP contribution in [-0.2, 0) is 0 Å². The van der Waals surface area contributed by atoms with Crippen LogP contribution in [0.15, 0.2) is 30.3 Å². The smallest absolute Gasteiger partial charge is 0.0472 e. The maximum Gasteiger partial charge on any atom is 0.0472 e. The summed E-state index contributed by atoms with van der Waals surface area (Å²) in [5.74, 6) is 0.950. The van der Waals surface area contributed by atoms with Crippen LogP contribution >= 0.6 is 0 Å². The summed E-state index contributed by atoms with van der Waals surface area (Å²) in [5.41, 5.74) is 1.44. The van der Waals surface area contributed by atoms with E-state index in [0.717, 1.165) is 31.6 Å². The Kier molecular flexibility index (Phi) is 6.72. The molecule has 1 fully saturated rings. The van der Waals surface area contributed by atoms with Gasteiger partial charge in [-0.1, -0.05) is 57.5 Å². The Morgan fingerprint density at radius 3 is 2.38 bits per heavy atom. The van der Waals surface area contributed by atoms with Crippen LogP contribution in [0.1, 0.15) is 58.1 Å². The minimum Gasteiger partial charge on any atom is -0.312 e. The van der Waals surface area contributed by atoms with Crippen molar-refractivity contribution in [2.45, 2.75) is 58.5 Å². The van der Waals surface area contributed by atoms with Crippen molar-refractivity contribution in [2.75, 3.05) is 19.6 Å². The molecular formula is C19H32N2. The van der Waals surface area contributed by atoms with Gasteiger partial charge in [0, 0.05) is 18.6 Å². The van der Waals surface area contributed by atoms with Crippen LogP contribution in [0.25, 0.3) is 0 Å². The molecule has 0 saturated heterocycles. The fourth-order valence-electron chi connectivity index (χ4n) is 3.71. The molecule has 2 nitrogen and oxygen atoms in total. The highest BCUT2D eigenvalue weighted by Gasteiger charge is 2.25. The van der Waals surface area contributed by atoms with Crippen LogP contribution in [-0.4, -0.2) is 30.6 Å². The summed E-state index contributed by atoms with van der Waals surface area (Å²) in [7, 11) is 0. The second-order valence-electron chi connectivity index (χ2n) is 6.34. The molecule has 0 amide bonds. The summed E-state index contributed by atoms with van der Waals surface area (Å²) in [6, 6.07) is 12.2. The fraction of sp³-hybridized carbons (Fsp3) is 0.684. The SMILES string of the molecule is CCC1CCC(NCC(c2ccccc2)N(CC)CC)C1. The van der Waals surface area contributed by atoms with Crippen molar-refractivity contribution >= 4 is 0 Å². The molecule has 1 aromatic rings. The molecule has 3 unspecified atom stereocenters. The topological polar surface area (TPSA) is 15.3 Å². The highest BCUT2D eigenvalue weighted by molar-refractivity contribution is 5.19. The lowest BCUT2D eigenvalue weighted by Crippen LogP contribution is -2.39. The van der Waals surface area contributed by atoms with E-state index in [2.05, 4.69) is 61.3 Å². The predicted molar refractivity (Wildman–Crippen MR) is 91.5 cm³/mol. The molecular weight excluding hydrogens is 256 g/mol. The van der Waals surface area contributed by atoms with E-state index in [-0.39, 0.29) is 0 Å². The zero-order chi connectivity index (χ0) is 15.1. The molecule has 2 rings (SSSR count). The highest BCUT2D eigenvalue weighted by atomic mass is 15.2. The molecule has 1 saturated carbocycles. The van der Waals surface area contributed by atoms with E-state index in [1.165, 1.54) is 31.2 Å². The van der Waals surface area contributed by atoms with Gasteiger partial charge in [-0.05, 0) is 43.8 Å². The van der Waals surface area contributed by atoms with Crippen LogP contribution in [0.3, 0.4) is 0 Å². The quantitative estimate of drug-likeness (QED) is 0.770. The van der Waals surface area contributed by atoms with Gasteiger partial charge in [0.15, 0.2) is 0 Å². The average molecular weight is 288 g/mol. The summed E-state index contributed by atoms with van der Waals surface area (Å²) < 4.78 is 0. The molecule has 21 heavy (non-hydrogen) atoms. The lowest BCUT2D eigenvalue weighted by atomic mass is 10.0. The lowest BCUT2D eigenvalue weighted by molar-refractivity contribution is 0.208. The van der Waals surface area contributed by atoms with E-state index >= 15 is 0 Å². The summed E-state index contributed by atoms with van der Waals surface area (Å²) >= 11 is 0. The van der Waals surface area contributed by atoms with Crippen LogP contribution in [0.2, 0.25) is 0 Å². The monoisotopic (exact) mass is 288 g/mol. The Morgan fingerprint density at radius 1 is 1.10 bits per heavy atom. The molecule has 118 valence electrons. The zero-order valence-corrected chi connectivity index (χ0v) is 14.0. The van der Waals surface area contributed by atoms with Crippen LogP contribution in [0.5, 0.6) is 0 Å². The Bertz CT molecular complexity index is 386. The Morgan fingerprint density at radius 2 is 1.81 bits per heavy atom. The van der Waals surface area contributed by atoms with E-state index in [4.69, 9.17) is 0 Å². The second kappa shape index (κ2) is 8.55. The minimum atomic E-state index is 0.502. The van der Waals surface area contributed by atoms with Crippen LogP contribution in [0, 0.1) is 5.92 Å². The third kappa shape index (κ3) is 4.55. The predicted octanol–water partition coefficient (Wildman–Crippen LogP) is 4.24. The number of rotatable bonds is 8. The first-order valence-electron chi connectivity index (χ1n) is 8.80. The largest absolute Gasteiger partial charge is 0.312 e. The summed E-state index contributed by atoms with van der Waals surface area (Å²) in [6.45, 7) is 10.2. The molecule has 2 heteroatoms. The molecule has 0 radical (unpaired) electrons. The molecule has 0 spiro atoms. The van der Waals surface area contributed by atoms with E-state index in [1.807, 2.05) is 0 Å². The molecule has 3 atom stereocenters. The first-order chi connectivity index (χ1) is 10.3. The van der Waals surface area contributed by atoms with Crippen LogP contribution in [0.4, 0.5) is 0 Å². The summed E-state index contributed by atoms with van der Waals surface area (Å²) in [4.78, 5) is 2.56. The Balaban J connectivity index is 1.96. The van der Waals surface area contributed by atoms with Gasteiger partial charge in [0.2, 0.25) is 0 Å². The van der Waals surface area contributed by atoms with E-state index in [0.29, 0.717) is 6.04 Å². The number of hydrogen-bond acceptors (Lipinski definition) is 2. The number of benzene rings is 1. The van der Waals surface area contributed by atoms with E-state index in [9.17, 15) is 0 Å². The van der Waals surface area contributed by atoms with Crippen molar-refractivity contribution in [3.8, 4) is 0 Å². The maximum atomic E-state index is 3.85. The van der Waals surface area contributed by atoms with Gasteiger partial charge in [-0.2, -0.15) is 0 Å². The molecule has 1 N–H and O–H groups in total. The number of nitrogens with zero attached hydrogens (tertiary/aromatic N) is 1. The number of hydrogen-bond donors (Lipinski definition) is 1. The Hall–Kier alpha value is -0.860. The number of nitrogens with one attached hydrogen (secondary N) is 1. The first-order valence-corrected chi connectivity index (χ1v) is 8.80. The van der Waals surface area contributed by atoms with Crippen molar-refractivity contribution in [3.63, 3.8) is 0 Å². The molecule has 1 aliphatic rings. The third-order valence-corrected chi connectivity index (χ3v) is 5.16. The van der Waals surface area contributed by atoms with Gasteiger partial charge in [0.25, 0.3) is 0 Å². The van der Waals surface area contributed by atoms with Crippen molar-refractivity contribution in [2.24, 2.45) is 5.92 Å². The molecule has 0 heterocycles. The van der Waals surface area contributed by atoms with Gasteiger partial charge in [0.1, 0.15) is 0 Å². The average Bonchev–Trinajstić information content (AvgIpc) is 3.00. The third-order valence-electron chi connectivity index (χ3n) is 5.16. The van der Waals surface area contributed by atoms with Crippen molar-refractivity contribution in [3.05, 3.63) is 35.9 Å². The maximum absolute atomic E-state index is 3.85. The summed E-state index contributed by atoms with van der Waals surface area (Å²) in [6.07, 6.45) is 5.49. The van der Waals surface area contributed by atoms with Gasteiger partial charge < -0.3 is 5.32 Å². The zero-order valence-electron chi connectivity index (χ0n) is 14.0. The molecule has 0 aliphatic heterocycles. The fourth-order valence-corrected chi connectivity index (χ4v) is 3.71. The normalized spacial score (nSPS) is 23.6. The molecule has 0 aromatic heterocycles. The highest BCUT2D eigenvalue weighted by Crippen LogP contribution is 2.28. The second-order valence-corrected chi connectivity index (χ2v) is 6.34. The minimum absolute atomic E-state index is 0.502. The van der Waals surface area contributed by atoms with Gasteiger partial charge in [-0.3, -0.25) is 4.90 Å². The Labute approximate surface area is 130 Å². The molecule has 0 bridgehead atoms. The molecule has 1 aromatic carbocycles. The van der Waals surface area contributed by atoms with Gasteiger partial charge in [-0.15, -0.1) is 0 Å². The lowest BCUT2D eigenvalue weighted by Gasteiger charge is -2.31. The van der Waals surface area contributed by atoms with Crippen molar-refractivity contribution < 1.29 is 0 Å². The number of likely N-dealkylation sites (N-methyl/N-ethyl adjacent to an activating group) is 1. The van der Waals surface area contributed by atoms with Crippen LogP contribution < -0.4 is 5.32 Å². The molecule has 1 aliphatic carbocycles. The summed E-state index contributed by atoms with van der Waals surface area (Å²) in [5, 5.41) is 3.85.